The molecule has 0 aliphatic rings. The molecular weight excluding hydrogens is 107 g/mol. The van der Waals surface area contributed by atoms with E-state index in [2.05, 4.69) is 9.97 Å². The summed E-state index contributed by atoms with van der Waals surface area (Å²) in [7, 11) is 0.500. The zero-order chi connectivity index (χ0) is 6.24. The van der Waals surface area contributed by atoms with Gasteiger partial charge in [0, 0.05) is 24.8 Å². The number of hydrogen-bond acceptors (Lipinski definition) is 2. The van der Waals surface area contributed by atoms with Gasteiger partial charge in [-0.2, -0.15) is 0 Å². The standard InChI is InChI=1S/C4H4N2.CH3F/c1-2-6-4-3-5-1;1-2/h1-4H;1H3. The fourth-order valence-electron chi connectivity index (χ4n) is 0.253. The highest BCUT2D eigenvalue weighted by molar-refractivity contribution is 4.70. The maximum absolute atomic E-state index is 9.50. The first kappa shape index (κ1) is 7.01. The van der Waals surface area contributed by atoms with Crippen LogP contribution in [0.25, 0.3) is 0 Å². The average molecular weight is 114 g/mol. The van der Waals surface area contributed by atoms with Crippen LogP contribution in [0.4, 0.5) is 4.39 Å². The molecule has 8 heavy (non-hydrogen) atoms. The second kappa shape index (κ2) is 6.01. The SMILES string of the molecule is CF.c1cnccn1. The van der Waals surface area contributed by atoms with E-state index in [1.807, 2.05) is 0 Å². The van der Waals surface area contributed by atoms with Gasteiger partial charge in [0.15, 0.2) is 0 Å². The third kappa shape index (κ3) is 3.21. The van der Waals surface area contributed by atoms with E-state index in [1.165, 1.54) is 0 Å². The minimum absolute atomic E-state index is 0.500. The van der Waals surface area contributed by atoms with Gasteiger partial charge in [0.25, 0.3) is 0 Å². The van der Waals surface area contributed by atoms with Gasteiger partial charge >= 0.3 is 0 Å². The Morgan fingerprint density at radius 1 is 0.875 bits per heavy atom. The highest BCUT2D eigenvalue weighted by atomic mass is 19.1. The van der Waals surface area contributed by atoms with Crippen molar-refractivity contribution in [3.05, 3.63) is 24.8 Å². The molecule has 0 saturated carbocycles. The molecule has 0 saturated heterocycles. The molecule has 0 aliphatic carbocycles. The predicted octanol–water partition coefficient (Wildman–Crippen LogP) is 1.06. The molecule has 0 spiro atoms. The molecule has 0 unspecified atom stereocenters. The normalized spacial score (nSPS) is 6.75. The van der Waals surface area contributed by atoms with Gasteiger partial charge in [-0.1, -0.05) is 0 Å². The minimum atomic E-state index is 0.500. The summed E-state index contributed by atoms with van der Waals surface area (Å²) in [5.41, 5.74) is 0. The highest BCUT2D eigenvalue weighted by Gasteiger charge is 1.59. The summed E-state index contributed by atoms with van der Waals surface area (Å²) < 4.78 is 9.50. The molecule has 0 atom stereocenters. The van der Waals surface area contributed by atoms with E-state index in [0.29, 0.717) is 7.18 Å². The topological polar surface area (TPSA) is 25.8 Å². The average Bonchev–Trinajstić information content (AvgIpc) is 1.96. The largest absolute Gasteiger partial charge is 0.262 e. The lowest BCUT2D eigenvalue weighted by atomic mass is 10.8. The van der Waals surface area contributed by atoms with Crippen molar-refractivity contribution in [3.8, 4) is 0 Å². The van der Waals surface area contributed by atoms with Gasteiger partial charge in [0.1, 0.15) is 0 Å². The van der Waals surface area contributed by atoms with Crippen LogP contribution in [0.15, 0.2) is 24.8 Å². The maximum atomic E-state index is 9.50. The van der Waals surface area contributed by atoms with E-state index in [-0.39, 0.29) is 0 Å². The van der Waals surface area contributed by atoms with E-state index >= 15 is 0 Å². The summed E-state index contributed by atoms with van der Waals surface area (Å²) in [5.74, 6) is 0. The quantitative estimate of drug-likeness (QED) is 0.504. The third-order valence-corrected chi connectivity index (χ3v) is 0.478. The van der Waals surface area contributed by atoms with Crippen LogP contribution >= 0.6 is 0 Å². The van der Waals surface area contributed by atoms with Crippen molar-refractivity contribution >= 4 is 0 Å². The van der Waals surface area contributed by atoms with Crippen LogP contribution in [-0.4, -0.2) is 17.1 Å². The van der Waals surface area contributed by atoms with Gasteiger partial charge in [0.05, 0.1) is 7.18 Å². The fourth-order valence-corrected chi connectivity index (χ4v) is 0.253. The number of hydrogen-bond donors (Lipinski definition) is 0. The second-order valence-corrected chi connectivity index (χ2v) is 0.894. The second-order valence-electron chi connectivity index (χ2n) is 0.894. The zero-order valence-corrected chi connectivity index (χ0v) is 4.58. The summed E-state index contributed by atoms with van der Waals surface area (Å²) in [6, 6.07) is 0. The molecule has 1 aromatic heterocycles. The van der Waals surface area contributed by atoms with E-state index in [0.717, 1.165) is 0 Å². The van der Waals surface area contributed by atoms with Crippen LogP contribution in [0.2, 0.25) is 0 Å². The van der Waals surface area contributed by atoms with E-state index in [4.69, 9.17) is 0 Å². The predicted molar refractivity (Wildman–Crippen MR) is 29.1 cm³/mol. The Hall–Kier alpha value is -0.990. The Balaban J connectivity index is 0.000000222. The smallest absolute Gasteiger partial charge is 0.0785 e. The Morgan fingerprint density at radius 2 is 1.12 bits per heavy atom. The van der Waals surface area contributed by atoms with Crippen molar-refractivity contribution in [2.24, 2.45) is 0 Å². The summed E-state index contributed by atoms with van der Waals surface area (Å²) in [6.45, 7) is 0. The van der Waals surface area contributed by atoms with Crippen LogP contribution in [0.1, 0.15) is 0 Å². The molecule has 1 rings (SSSR count). The number of halogens is 1. The Bertz CT molecular complexity index is 82.4. The number of aromatic nitrogens is 2. The maximum Gasteiger partial charge on any atom is 0.0785 e. The number of nitrogens with zero attached hydrogens (tertiary/aromatic N) is 2. The van der Waals surface area contributed by atoms with Crippen molar-refractivity contribution in [2.45, 2.75) is 0 Å². The molecular formula is C5H7FN2. The molecule has 0 aromatic carbocycles. The monoisotopic (exact) mass is 114 g/mol. The Morgan fingerprint density at radius 3 is 1.25 bits per heavy atom. The van der Waals surface area contributed by atoms with Crippen molar-refractivity contribution in [3.63, 3.8) is 0 Å². The summed E-state index contributed by atoms with van der Waals surface area (Å²) in [6.07, 6.45) is 6.56. The lowest BCUT2D eigenvalue weighted by Gasteiger charge is -1.70. The summed E-state index contributed by atoms with van der Waals surface area (Å²) in [4.78, 5) is 7.44. The van der Waals surface area contributed by atoms with Crippen molar-refractivity contribution in [2.75, 3.05) is 7.18 Å². The fraction of sp³-hybridized carbons (Fsp3) is 0.200. The van der Waals surface area contributed by atoms with Crippen molar-refractivity contribution < 1.29 is 4.39 Å². The molecule has 0 fully saturated rings. The molecule has 0 bridgehead atoms. The van der Waals surface area contributed by atoms with Gasteiger partial charge < -0.3 is 0 Å². The number of alkyl halides is 1. The highest BCUT2D eigenvalue weighted by Crippen LogP contribution is 1.65. The van der Waals surface area contributed by atoms with Crippen LogP contribution in [0.3, 0.4) is 0 Å². The molecule has 0 amide bonds. The molecule has 44 valence electrons. The number of rotatable bonds is 0. The minimum Gasteiger partial charge on any atom is -0.262 e. The van der Waals surface area contributed by atoms with Gasteiger partial charge in [0.2, 0.25) is 0 Å². The first-order chi connectivity index (χ1) is 4.00. The first-order valence-electron chi connectivity index (χ1n) is 2.08. The van der Waals surface area contributed by atoms with Crippen molar-refractivity contribution in [1.29, 1.82) is 0 Å². The third-order valence-electron chi connectivity index (χ3n) is 0.478. The van der Waals surface area contributed by atoms with Gasteiger partial charge in [-0.25, -0.2) is 0 Å². The lowest BCUT2D eigenvalue weighted by molar-refractivity contribution is 0.636. The summed E-state index contributed by atoms with van der Waals surface area (Å²) >= 11 is 0. The van der Waals surface area contributed by atoms with Crippen molar-refractivity contribution in [1.82, 2.24) is 9.97 Å². The van der Waals surface area contributed by atoms with Gasteiger partial charge in [-0.3, -0.25) is 14.4 Å². The Labute approximate surface area is 47.4 Å². The molecule has 0 aliphatic heterocycles. The van der Waals surface area contributed by atoms with Gasteiger partial charge in [-0.05, 0) is 0 Å². The molecule has 3 heteroatoms. The molecule has 0 N–H and O–H groups in total. The molecule has 2 nitrogen and oxygen atoms in total. The lowest BCUT2D eigenvalue weighted by Crippen LogP contribution is -1.66. The van der Waals surface area contributed by atoms with Crippen LogP contribution < -0.4 is 0 Å². The van der Waals surface area contributed by atoms with E-state index < -0.39 is 0 Å². The zero-order valence-electron chi connectivity index (χ0n) is 4.58. The molecule has 1 heterocycles. The summed E-state index contributed by atoms with van der Waals surface area (Å²) in [5, 5.41) is 0. The van der Waals surface area contributed by atoms with Crippen LogP contribution in [0.5, 0.6) is 0 Å². The molecule has 0 radical (unpaired) electrons. The first-order valence-corrected chi connectivity index (χ1v) is 2.08. The Kier molecular flexibility index (Phi) is 5.27. The van der Waals surface area contributed by atoms with Crippen LogP contribution in [-0.2, 0) is 0 Å². The molecule has 1 aromatic rings. The van der Waals surface area contributed by atoms with E-state index in [9.17, 15) is 4.39 Å². The van der Waals surface area contributed by atoms with Crippen LogP contribution in [0, 0.1) is 0 Å². The van der Waals surface area contributed by atoms with E-state index in [1.54, 1.807) is 24.8 Å². The van der Waals surface area contributed by atoms with Gasteiger partial charge in [-0.15, -0.1) is 0 Å².